The average molecular weight is 367 g/mol. The number of benzene rings is 1. The number of hydrogen-bond acceptors (Lipinski definition) is 4. The van der Waals surface area contributed by atoms with Crippen molar-refractivity contribution in [3.8, 4) is 0 Å². The molecule has 0 spiro atoms. The monoisotopic (exact) mass is 366 g/mol. The number of hydrogen-bond donors (Lipinski definition) is 1. The number of pyridine rings is 1. The fourth-order valence-electron chi connectivity index (χ4n) is 3.61. The van der Waals surface area contributed by atoms with Gasteiger partial charge in [-0.25, -0.2) is 4.98 Å². The molecule has 1 aromatic carbocycles. The zero-order chi connectivity index (χ0) is 19.1. The number of amides is 1. The number of nitrogens with one attached hydrogen (secondary N) is 1. The Hall–Kier alpha value is -2.40. The summed E-state index contributed by atoms with van der Waals surface area (Å²) in [6.07, 6.45) is 4.23. The van der Waals surface area contributed by atoms with Crippen LogP contribution in [0.2, 0.25) is 0 Å². The molecule has 144 valence electrons. The van der Waals surface area contributed by atoms with Crippen LogP contribution in [0.25, 0.3) is 0 Å². The van der Waals surface area contributed by atoms with Gasteiger partial charge in [-0.3, -0.25) is 9.69 Å². The van der Waals surface area contributed by atoms with Crippen molar-refractivity contribution in [1.29, 1.82) is 0 Å². The maximum absolute atomic E-state index is 12.5. The molecule has 0 saturated carbocycles. The lowest BCUT2D eigenvalue weighted by molar-refractivity contribution is -0.116. The largest absolute Gasteiger partial charge is 0.354 e. The van der Waals surface area contributed by atoms with Gasteiger partial charge in [0.15, 0.2) is 0 Å². The third-order valence-corrected chi connectivity index (χ3v) is 5.26. The third-order valence-electron chi connectivity index (χ3n) is 5.26. The van der Waals surface area contributed by atoms with Gasteiger partial charge in [0.2, 0.25) is 5.91 Å². The van der Waals surface area contributed by atoms with Gasteiger partial charge < -0.3 is 10.2 Å². The predicted molar refractivity (Wildman–Crippen MR) is 111 cm³/mol. The summed E-state index contributed by atoms with van der Waals surface area (Å²) in [4.78, 5) is 21.6. The van der Waals surface area contributed by atoms with Crippen molar-refractivity contribution in [3.05, 3.63) is 53.7 Å². The van der Waals surface area contributed by atoms with Crippen molar-refractivity contribution < 1.29 is 4.79 Å². The maximum atomic E-state index is 12.5. The van der Waals surface area contributed by atoms with Crippen LogP contribution in [0.1, 0.15) is 31.4 Å². The van der Waals surface area contributed by atoms with Gasteiger partial charge in [-0.2, -0.15) is 0 Å². The van der Waals surface area contributed by atoms with Crippen molar-refractivity contribution in [1.82, 2.24) is 9.88 Å². The van der Waals surface area contributed by atoms with E-state index in [9.17, 15) is 4.79 Å². The molecular formula is C22H30N4O. The lowest BCUT2D eigenvalue weighted by atomic mass is 10.0. The van der Waals surface area contributed by atoms with E-state index < -0.39 is 0 Å². The summed E-state index contributed by atoms with van der Waals surface area (Å²) in [5.41, 5.74) is 3.45. The Labute approximate surface area is 162 Å². The number of aromatic nitrogens is 1. The zero-order valence-corrected chi connectivity index (χ0v) is 16.4. The third kappa shape index (κ3) is 5.07. The summed E-state index contributed by atoms with van der Waals surface area (Å²) in [5, 5.41) is 3.17. The molecular weight excluding hydrogens is 336 g/mol. The number of carbonyl (C=O) groups excluding carboxylic acids is 1. The predicted octanol–water partition coefficient (Wildman–Crippen LogP) is 3.36. The number of rotatable bonds is 7. The molecule has 1 aliphatic heterocycles. The molecule has 27 heavy (non-hydrogen) atoms. The number of aryl methyl sites for hydroxylation is 2. The molecule has 1 fully saturated rings. The first-order valence-corrected chi connectivity index (χ1v) is 10.00. The minimum Gasteiger partial charge on any atom is -0.354 e. The van der Waals surface area contributed by atoms with E-state index >= 15 is 0 Å². The van der Waals surface area contributed by atoms with E-state index in [4.69, 9.17) is 0 Å². The van der Waals surface area contributed by atoms with Gasteiger partial charge in [0.05, 0.1) is 0 Å². The molecule has 5 heteroatoms. The van der Waals surface area contributed by atoms with E-state index in [0.717, 1.165) is 57.1 Å². The Balaban J connectivity index is 1.48. The molecule has 2 heterocycles. The molecule has 1 aliphatic rings. The van der Waals surface area contributed by atoms with E-state index in [-0.39, 0.29) is 5.91 Å². The minimum atomic E-state index is 0.109. The topological polar surface area (TPSA) is 48.5 Å². The van der Waals surface area contributed by atoms with Crippen LogP contribution in [0.4, 0.5) is 11.5 Å². The van der Waals surface area contributed by atoms with Crippen LogP contribution >= 0.6 is 0 Å². The lowest BCUT2D eigenvalue weighted by Crippen LogP contribution is -2.47. The molecule has 1 amide bonds. The van der Waals surface area contributed by atoms with E-state index in [0.29, 0.717) is 6.42 Å². The van der Waals surface area contributed by atoms with Gasteiger partial charge in [0.1, 0.15) is 5.82 Å². The Morgan fingerprint density at radius 2 is 1.70 bits per heavy atom. The van der Waals surface area contributed by atoms with E-state index in [2.05, 4.69) is 58.2 Å². The molecule has 0 atom stereocenters. The Kier molecular flexibility index (Phi) is 6.82. The zero-order valence-electron chi connectivity index (χ0n) is 16.4. The Bertz CT molecular complexity index is 717. The van der Waals surface area contributed by atoms with Gasteiger partial charge >= 0.3 is 0 Å². The molecule has 0 bridgehead atoms. The normalized spacial score (nSPS) is 15.0. The molecule has 3 rings (SSSR count). The number of nitrogens with zero attached hydrogens (tertiary/aromatic N) is 3. The smallest absolute Gasteiger partial charge is 0.225 e. The highest BCUT2D eigenvalue weighted by molar-refractivity contribution is 5.92. The van der Waals surface area contributed by atoms with Crippen molar-refractivity contribution in [2.24, 2.45) is 0 Å². The van der Waals surface area contributed by atoms with Crippen LogP contribution in [0.5, 0.6) is 0 Å². The summed E-state index contributed by atoms with van der Waals surface area (Å²) >= 11 is 0. The van der Waals surface area contributed by atoms with Gasteiger partial charge in [-0.1, -0.05) is 38.1 Å². The molecule has 1 saturated heterocycles. The second-order valence-electron chi connectivity index (χ2n) is 6.97. The molecule has 2 aromatic rings. The van der Waals surface area contributed by atoms with Crippen LogP contribution < -0.4 is 10.2 Å². The SMILES string of the molecule is CCc1cccc(CC)c1NC(=O)CCN1CCN(c2ccccn2)CC1. The van der Waals surface area contributed by atoms with Crippen LogP contribution in [0, 0.1) is 0 Å². The maximum Gasteiger partial charge on any atom is 0.225 e. The second kappa shape index (κ2) is 9.51. The van der Waals surface area contributed by atoms with Crippen LogP contribution in [-0.2, 0) is 17.6 Å². The number of piperazine rings is 1. The van der Waals surface area contributed by atoms with E-state index in [1.807, 2.05) is 18.3 Å². The number of carbonyl (C=O) groups is 1. The molecule has 0 unspecified atom stereocenters. The van der Waals surface area contributed by atoms with Crippen LogP contribution in [0.3, 0.4) is 0 Å². The molecule has 0 aliphatic carbocycles. The average Bonchev–Trinajstić information content (AvgIpc) is 2.73. The number of para-hydroxylation sites is 1. The fraction of sp³-hybridized carbons (Fsp3) is 0.455. The summed E-state index contributed by atoms with van der Waals surface area (Å²) in [6.45, 7) is 8.91. The first-order chi connectivity index (χ1) is 13.2. The van der Waals surface area contributed by atoms with Crippen molar-refractivity contribution >= 4 is 17.4 Å². The minimum absolute atomic E-state index is 0.109. The highest BCUT2D eigenvalue weighted by Crippen LogP contribution is 2.22. The second-order valence-corrected chi connectivity index (χ2v) is 6.97. The van der Waals surface area contributed by atoms with Crippen molar-refractivity contribution in [2.45, 2.75) is 33.1 Å². The van der Waals surface area contributed by atoms with E-state index in [1.165, 1.54) is 11.1 Å². The summed E-state index contributed by atoms with van der Waals surface area (Å²) < 4.78 is 0. The lowest BCUT2D eigenvalue weighted by Gasteiger charge is -2.35. The Morgan fingerprint density at radius 1 is 1.00 bits per heavy atom. The highest BCUT2D eigenvalue weighted by Gasteiger charge is 2.18. The van der Waals surface area contributed by atoms with Gasteiger partial charge in [-0.05, 0) is 36.1 Å². The summed E-state index contributed by atoms with van der Waals surface area (Å²) in [7, 11) is 0. The first-order valence-electron chi connectivity index (χ1n) is 10.00. The molecule has 5 nitrogen and oxygen atoms in total. The standard InChI is InChI=1S/C22H30N4O/c1-3-18-8-7-9-19(4-2)22(18)24-21(27)11-13-25-14-16-26(17-15-25)20-10-5-6-12-23-20/h5-10,12H,3-4,11,13-17H2,1-2H3,(H,24,27). The van der Waals surface area contributed by atoms with Crippen LogP contribution in [0.15, 0.2) is 42.6 Å². The van der Waals surface area contributed by atoms with E-state index in [1.54, 1.807) is 0 Å². The molecule has 1 aromatic heterocycles. The van der Waals surface area contributed by atoms with Crippen molar-refractivity contribution in [2.75, 3.05) is 42.9 Å². The quantitative estimate of drug-likeness (QED) is 0.816. The summed E-state index contributed by atoms with van der Waals surface area (Å²) in [5.74, 6) is 1.15. The Morgan fingerprint density at radius 3 is 2.30 bits per heavy atom. The number of anilines is 2. The first kappa shape index (κ1) is 19.4. The van der Waals surface area contributed by atoms with Gasteiger partial charge in [-0.15, -0.1) is 0 Å². The van der Waals surface area contributed by atoms with Gasteiger partial charge in [0.25, 0.3) is 0 Å². The molecule has 0 radical (unpaired) electrons. The van der Waals surface area contributed by atoms with Gasteiger partial charge in [0, 0.05) is 51.0 Å². The summed E-state index contributed by atoms with van der Waals surface area (Å²) in [6, 6.07) is 12.3. The highest BCUT2D eigenvalue weighted by atomic mass is 16.1. The fourth-order valence-corrected chi connectivity index (χ4v) is 3.61. The van der Waals surface area contributed by atoms with Crippen LogP contribution in [-0.4, -0.2) is 48.5 Å². The molecule has 1 N–H and O–H groups in total. The van der Waals surface area contributed by atoms with Crippen molar-refractivity contribution in [3.63, 3.8) is 0 Å².